The number of amides is 1. The van der Waals surface area contributed by atoms with Crippen LogP contribution in [0.25, 0.3) is 0 Å². The van der Waals surface area contributed by atoms with Crippen molar-refractivity contribution in [2.24, 2.45) is 7.05 Å². The van der Waals surface area contributed by atoms with Gasteiger partial charge in [-0.1, -0.05) is 53.2 Å². The highest BCUT2D eigenvalue weighted by Gasteiger charge is 2.13. The van der Waals surface area contributed by atoms with E-state index in [9.17, 15) is 4.79 Å². The standard InChI is InChI=1S/C21H22Cl2N4OS2/c1-13-4-5-14(2)18(8-13)24-20(28)12-30-21-26-25-19(27(21)3)11-29-10-15-6-7-16(22)9-17(15)23/h4-9H,10-12H2,1-3H3,(H,24,28). The molecule has 1 aromatic heterocycles. The third-order valence-corrected chi connectivity index (χ3v) is 7.01. The smallest absolute Gasteiger partial charge is 0.234 e. The maximum Gasteiger partial charge on any atom is 0.234 e. The summed E-state index contributed by atoms with van der Waals surface area (Å²) in [6.45, 7) is 3.98. The molecule has 0 bridgehead atoms. The van der Waals surface area contributed by atoms with E-state index in [0.717, 1.165) is 34.0 Å². The molecule has 1 amide bonds. The van der Waals surface area contributed by atoms with Crippen molar-refractivity contribution >= 4 is 58.3 Å². The van der Waals surface area contributed by atoms with Crippen molar-refractivity contribution in [2.75, 3.05) is 11.1 Å². The molecule has 9 heteroatoms. The minimum absolute atomic E-state index is 0.0648. The van der Waals surface area contributed by atoms with E-state index < -0.39 is 0 Å². The van der Waals surface area contributed by atoms with Gasteiger partial charge in [-0.05, 0) is 48.7 Å². The van der Waals surface area contributed by atoms with Gasteiger partial charge in [0.25, 0.3) is 0 Å². The molecule has 0 aliphatic heterocycles. The Morgan fingerprint density at radius 3 is 2.67 bits per heavy atom. The van der Waals surface area contributed by atoms with Gasteiger partial charge in [0.1, 0.15) is 5.82 Å². The van der Waals surface area contributed by atoms with Crippen LogP contribution in [0.3, 0.4) is 0 Å². The molecular formula is C21H22Cl2N4OS2. The number of halogens is 2. The number of thioether (sulfide) groups is 2. The summed E-state index contributed by atoms with van der Waals surface area (Å²) >= 11 is 15.2. The monoisotopic (exact) mass is 480 g/mol. The van der Waals surface area contributed by atoms with Gasteiger partial charge in [0.05, 0.1) is 11.5 Å². The molecule has 0 saturated carbocycles. The third-order valence-electron chi connectivity index (χ3n) is 4.43. The molecule has 0 fully saturated rings. The zero-order valence-electron chi connectivity index (χ0n) is 16.9. The first-order valence-electron chi connectivity index (χ1n) is 9.23. The first kappa shape index (κ1) is 23.0. The molecule has 0 radical (unpaired) electrons. The second kappa shape index (κ2) is 10.6. The van der Waals surface area contributed by atoms with E-state index in [-0.39, 0.29) is 11.7 Å². The Morgan fingerprint density at radius 2 is 1.90 bits per heavy atom. The maximum atomic E-state index is 12.3. The quantitative estimate of drug-likeness (QED) is 0.406. The Morgan fingerprint density at radius 1 is 1.10 bits per heavy atom. The number of carbonyl (C=O) groups is 1. The van der Waals surface area contributed by atoms with Crippen LogP contribution in [0.2, 0.25) is 10.0 Å². The van der Waals surface area contributed by atoms with Crippen LogP contribution in [0.4, 0.5) is 5.69 Å². The Balaban J connectivity index is 1.51. The normalized spacial score (nSPS) is 11.0. The molecule has 5 nitrogen and oxygen atoms in total. The fraction of sp³-hybridized carbons (Fsp3) is 0.286. The lowest BCUT2D eigenvalue weighted by atomic mass is 10.1. The molecule has 0 saturated heterocycles. The Bertz CT molecular complexity index is 1060. The predicted octanol–water partition coefficient (Wildman–Crippen LogP) is 5.90. The number of aryl methyl sites for hydroxylation is 2. The highest BCUT2D eigenvalue weighted by Crippen LogP contribution is 2.27. The van der Waals surface area contributed by atoms with Gasteiger partial charge in [-0.3, -0.25) is 4.79 Å². The Hall–Kier alpha value is -1.67. The van der Waals surface area contributed by atoms with Gasteiger partial charge in [-0.15, -0.1) is 22.0 Å². The minimum atomic E-state index is -0.0648. The number of nitrogens with zero attached hydrogens (tertiary/aromatic N) is 3. The first-order chi connectivity index (χ1) is 14.3. The van der Waals surface area contributed by atoms with Crippen LogP contribution >= 0.6 is 46.7 Å². The van der Waals surface area contributed by atoms with Crippen LogP contribution in [0.5, 0.6) is 0 Å². The van der Waals surface area contributed by atoms with Crippen LogP contribution in [0, 0.1) is 13.8 Å². The van der Waals surface area contributed by atoms with Crippen LogP contribution in [-0.2, 0) is 23.3 Å². The summed E-state index contributed by atoms with van der Waals surface area (Å²) in [4.78, 5) is 12.3. The minimum Gasteiger partial charge on any atom is -0.325 e. The zero-order chi connectivity index (χ0) is 21.7. The number of anilines is 1. The van der Waals surface area contributed by atoms with E-state index in [4.69, 9.17) is 23.2 Å². The van der Waals surface area contributed by atoms with Gasteiger partial charge < -0.3 is 9.88 Å². The third kappa shape index (κ3) is 6.17. The molecule has 3 rings (SSSR count). The summed E-state index contributed by atoms with van der Waals surface area (Å²) < 4.78 is 1.92. The van der Waals surface area contributed by atoms with Crippen molar-refractivity contribution in [3.8, 4) is 0 Å². The van der Waals surface area contributed by atoms with Gasteiger partial charge in [-0.25, -0.2) is 0 Å². The molecule has 0 spiro atoms. The summed E-state index contributed by atoms with van der Waals surface area (Å²) in [5, 5.41) is 13.5. The highest BCUT2D eigenvalue weighted by atomic mass is 35.5. The Kier molecular flexibility index (Phi) is 8.11. The number of carbonyl (C=O) groups excluding carboxylic acids is 1. The molecular weight excluding hydrogens is 459 g/mol. The molecule has 158 valence electrons. The van der Waals surface area contributed by atoms with Crippen LogP contribution in [0.15, 0.2) is 41.6 Å². The summed E-state index contributed by atoms with van der Waals surface area (Å²) in [7, 11) is 1.91. The second-order valence-corrected chi connectivity index (χ2v) is 9.61. The Labute approximate surface area is 194 Å². The van der Waals surface area contributed by atoms with Gasteiger partial charge in [0.2, 0.25) is 5.91 Å². The first-order valence-corrected chi connectivity index (χ1v) is 12.1. The van der Waals surface area contributed by atoms with E-state index in [2.05, 4.69) is 15.5 Å². The number of benzene rings is 2. The number of hydrogen-bond donors (Lipinski definition) is 1. The average Bonchev–Trinajstić information content (AvgIpc) is 3.04. The maximum absolute atomic E-state index is 12.3. The molecule has 3 aromatic rings. The SMILES string of the molecule is Cc1ccc(C)c(NC(=O)CSc2nnc(CSCc3ccc(Cl)cc3Cl)n2C)c1. The van der Waals surface area contributed by atoms with Crippen molar-refractivity contribution in [3.63, 3.8) is 0 Å². The molecule has 1 N–H and O–H groups in total. The fourth-order valence-electron chi connectivity index (χ4n) is 2.67. The van der Waals surface area contributed by atoms with Crippen molar-refractivity contribution in [1.29, 1.82) is 0 Å². The fourth-order valence-corrected chi connectivity index (χ4v) is 4.97. The highest BCUT2D eigenvalue weighted by molar-refractivity contribution is 7.99. The van der Waals surface area contributed by atoms with Crippen LogP contribution in [-0.4, -0.2) is 26.4 Å². The number of rotatable bonds is 8. The topological polar surface area (TPSA) is 59.8 Å². The molecule has 1 heterocycles. The summed E-state index contributed by atoms with van der Waals surface area (Å²) in [6, 6.07) is 11.5. The van der Waals surface area contributed by atoms with E-state index in [1.165, 1.54) is 11.8 Å². The number of hydrogen-bond acceptors (Lipinski definition) is 5. The molecule has 0 unspecified atom stereocenters. The lowest BCUT2D eigenvalue weighted by Gasteiger charge is -2.09. The van der Waals surface area contributed by atoms with Gasteiger partial charge in [-0.2, -0.15) is 0 Å². The lowest BCUT2D eigenvalue weighted by Crippen LogP contribution is -2.15. The molecule has 0 aliphatic rings. The van der Waals surface area contributed by atoms with Gasteiger partial charge >= 0.3 is 0 Å². The molecule has 30 heavy (non-hydrogen) atoms. The van der Waals surface area contributed by atoms with E-state index in [1.54, 1.807) is 17.8 Å². The molecule has 0 aliphatic carbocycles. The summed E-state index contributed by atoms with van der Waals surface area (Å²) in [5.41, 5.74) is 4.03. The summed E-state index contributed by atoms with van der Waals surface area (Å²) in [6.07, 6.45) is 0. The predicted molar refractivity (Wildman–Crippen MR) is 128 cm³/mol. The number of aromatic nitrogens is 3. The van der Waals surface area contributed by atoms with Crippen molar-refractivity contribution in [1.82, 2.24) is 14.8 Å². The molecule has 2 aromatic carbocycles. The van der Waals surface area contributed by atoms with Crippen molar-refractivity contribution in [2.45, 2.75) is 30.5 Å². The second-order valence-electron chi connectivity index (χ2n) is 6.84. The van der Waals surface area contributed by atoms with Crippen molar-refractivity contribution in [3.05, 3.63) is 69.0 Å². The average molecular weight is 481 g/mol. The summed E-state index contributed by atoms with van der Waals surface area (Å²) in [5.74, 6) is 2.50. The van der Waals surface area contributed by atoms with Gasteiger partial charge in [0, 0.05) is 28.5 Å². The van der Waals surface area contributed by atoms with E-state index in [1.807, 2.05) is 55.8 Å². The largest absolute Gasteiger partial charge is 0.325 e. The van der Waals surface area contributed by atoms with Crippen LogP contribution in [0.1, 0.15) is 22.5 Å². The van der Waals surface area contributed by atoms with E-state index >= 15 is 0 Å². The van der Waals surface area contributed by atoms with E-state index in [0.29, 0.717) is 21.0 Å². The van der Waals surface area contributed by atoms with Crippen LogP contribution < -0.4 is 5.32 Å². The lowest BCUT2D eigenvalue weighted by molar-refractivity contribution is -0.113. The van der Waals surface area contributed by atoms with Crippen molar-refractivity contribution < 1.29 is 4.79 Å². The van der Waals surface area contributed by atoms with Gasteiger partial charge in [0.15, 0.2) is 5.16 Å². The number of nitrogens with one attached hydrogen (secondary N) is 1. The zero-order valence-corrected chi connectivity index (χ0v) is 20.1. The molecule has 0 atom stereocenters.